The molecule has 0 radical (unpaired) electrons. The van der Waals surface area contributed by atoms with E-state index in [4.69, 9.17) is 5.11 Å². The molecule has 0 atom stereocenters. The minimum Gasteiger partial charge on any atom is -0.481 e. The van der Waals surface area contributed by atoms with Gasteiger partial charge in [-0.05, 0) is 39.5 Å². The first kappa shape index (κ1) is 15.2. The lowest BCUT2D eigenvalue weighted by Gasteiger charge is -2.24. The van der Waals surface area contributed by atoms with E-state index in [1.54, 1.807) is 0 Å². The molecule has 1 saturated carbocycles. The molecule has 1 aliphatic rings. The number of hydrogen-bond acceptors (Lipinski definition) is 5. The third kappa shape index (κ3) is 3.65. The van der Waals surface area contributed by atoms with Crippen LogP contribution in [-0.4, -0.2) is 44.7 Å². The first-order valence-electron chi connectivity index (χ1n) is 7.07. The molecule has 1 fully saturated rings. The Hall–Kier alpha value is -1.24. The maximum absolute atomic E-state index is 10.7. The van der Waals surface area contributed by atoms with Gasteiger partial charge in [0.15, 0.2) is 5.16 Å². The van der Waals surface area contributed by atoms with Crippen molar-refractivity contribution < 1.29 is 9.90 Å². The maximum Gasteiger partial charge on any atom is 0.313 e. The van der Waals surface area contributed by atoms with Crippen LogP contribution in [0.25, 0.3) is 0 Å². The number of anilines is 1. The van der Waals surface area contributed by atoms with Crippen molar-refractivity contribution in [1.29, 1.82) is 0 Å². The molecule has 0 spiro atoms. The van der Waals surface area contributed by atoms with Gasteiger partial charge in [0.05, 0.1) is 5.75 Å². The second-order valence-electron chi connectivity index (χ2n) is 5.41. The summed E-state index contributed by atoms with van der Waals surface area (Å²) in [6, 6.07) is 0.213. The van der Waals surface area contributed by atoms with Gasteiger partial charge in [-0.3, -0.25) is 9.36 Å². The lowest BCUT2D eigenvalue weighted by atomic mass is 10.3. The van der Waals surface area contributed by atoms with Crippen LogP contribution in [0.3, 0.4) is 0 Å². The van der Waals surface area contributed by atoms with Crippen LogP contribution in [0.1, 0.15) is 39.7 Å². The molecule has 1 heterocycles. The van der Waals surface area contributed by atoms with E-state index < -0.39 is 5.97 Å². The molecule has 0 aliphatic heterocycles. The highest BCUT2D eigenvalue weighted by Crippen LogP contribution is 2.32. The van der Waals surface area contributed by atoms with Crippen molar-refractivity contribution in [2.75, 3.05) is 23.7 Å². The van der Waals surface area contributed by atoms with E-state index >= 15 is 0 Å². The van der Waals surface area contributed by atoms with E-state index in [2.05, 4.69) is 35.9 Å². The standard InChI is InChI=1S/C13H22N4O2S/c1-4-16(7-10-5-6-10)12-14-15-13(17(12)9(2)3)20-8-11(18)19/h9-10H,4-8H2,1-3H3,(H,18,19). The van der Waals surface area contributed by atoms with Crippen LogP contribution in [0.5, 0.6) is 0 Å². The van der Waals surface area contributed by atoms with E-state index in [-0.39, 0.29) is 11.8 Å². The number of carboxylic acid groups (broad SMARTS) is 1. The van der Waals surface area contributed by atoms with Gasteiger partial charge in [-0.15, -0.1) is 10.2 Å². The Bertz CT molecular complexity index is 471. The third-order valence-electron chi connectivity index (χ3n) is 3.33. The van der Waals surface area contributed by atoms with Gasteiger partial charge in [0.25, 0.3) is 0 Å². The van der Waals surface area contributed by atoms with Gasteiger partial charge in [0, 0.05) is 19.1 Å². The van der Waals surface area contributed by atoms with Gasteiger partial charge in [-0.25, -0.2) is 0 Å². The Kier molecular flexibility index (Phi) is 4.91. The molecule has 0 saturated heterocycles. The van der Waals surface area contributed by atoms with Crippen molar-refractivity contribution in [3.63, 3.8) is 0 Å². The molecular formula is C13H22N4O2S. The molecule has 1 aliphatic carbocycles. The van der Waals surface area contributed by atoms with Gasteiger partial charge in [0.2, 0.25) is 5.95 Å². The molecule has 1 N–H and O–H groups in total. The molecule has 0 aromatic carbocycles. The number of carboxylic acids is 1. The van der Waals surface area contributed by atoms with E-state index in [0.29, 0.717) is 5.16 Å². The van der Waals surface area contributed by atoms with Crippen molar-refractivity contribution in [3.05, 3.63) is 0 Å². The zero-order chi connectivity index (χ0) is 14.7. The number of nitrogens with zero attached hydrogens (tertiary/aromatic N) is 4. The summed E-state index contributed by atoms with van der Waals surface area (Å²) in [6.07, 6.45) is 2.60. The highest BCUT2D eigenvalue weighted by Gasteiger charge is 2.27. The van der Waals surface area contributed by atoms with Crippen LogP contribution in [-0.2, 0) is 4.79 Å². The fraction of sp³-hybridized carbons (Fsp3) is 0.769. The molecule has 0 amide bonds. The zero-order valence-corrected chi connectivity index (χ0v) is 13.1. The number of thioether (sulfide) groups is 1. The topological polar surface area (TPSA) is 71.2 Å². The minimum atomic E-state index is -0.833. The van der Waals surface area contributed by atoms with Crippen LogP contribution >= 0.6 is 11.8 Å². The predicted molar refractivity (Wildman–Crippen MR) is 79.4 cm³/mol. The Balaban J connectivity index is 2.19. The third-order valence-corrected chi connectivity index (χ3v) is 4.26. The maximum atomic E-state index is 10.7. The Morgan fingerprint density at radius 2 is 2.20 bits per heavy atom. The molecule has 112 valence electrons. The van der Waals surface area contributed by atoms with Crippen LogP contribution in [0, 0.1) is 5.92 Å². The van der Waals surface area contributed by atoms with E-state index in [1.807, 2.05) is 4.57 Å². The van der Waals surface area contributed by atoms with Gasteiger partial charge in [-0.2, -0.15) is 0 Å². The summed E-state index contributed by atoms with van der Waals surface area (Å²) in [7, 11) is 0. The molecule has 2 rings (SSSR count). The summed E-state index contributed by atoms with van der Waals surface area (Å²) < 4.78 is 2.04. The van der Waals surface area contributed by atoms with Gasteiger partial charge in [-0.1, -0.05) is 11.8 Å². The smallest absolute Gasteiger partial charge is 0.313 e. The second kappa shape index (κ2) is 6.47. The predicted octanol–water partition coefficient (Wildman–Crippen LogP) is 2.27. The minimum absolute atomic E-state index is 0.0135. The summed E-state index contributed by atoms with van der Waals surface area (Å²) in [4.78, 5) is 13.0. The van der Waals surface area contributed by atoms with Crippen molar-refractivity contribution in [3.8, 4) is 0 Å². The molecular weight excluding hydrogens is 276 g/mol. The lowest BCUT2D eigenvalue weighted by molar-refractivity contribution is -0.133. The summed E-state index contributed by atoms with van der Waals surface area (Å²) >= 11 is 1.23. The van der Waals surface area contributed by atoms with Crippen LogP contribution < -0.4 is 4.90 Å². The van der Waals surface area contributed by atoms with Crippen LogP contribution in [0.15, 0.2) is 5.16 Å². The fourth-order valence-corrected chi connectivity index (χ4v) is 2.91. The van der Waals surface area contributed by atoms with Crippen LogP contribution in [0.4, 0.5) is 5.95 Å². The van der Waals surface area contributed by atoms with Crippen molar-refractivity contribution in [2.24, 2.45) is 5.92 Å². The highest BCUT2D eigenvalue weighted by atomic mass is 32.2. The number of carbonyl (C=O) groups is 1. The zero-order valence-electron chi connectivity index (χ0n) is 12.2. The monoisotopic (exact) mass is 298 g/mol. The Morgan fingerprint density at radius 3 is 2.70 bits per heavy atom. The van der Waals surface area contributed by atoms with Crippen LogP contribution in [0.2, 0.25) is 0 Å². The number of aromatic nitrogens is 3. The van der Waals surface area contributed by atoms with Gasteiger partial charge >= 0.3 is 5.97 Å². The average molecular weight is 298 g/mol. The van der Waals surface area contributed by atoms with Gasteiger partial charge in [0.1, 0.15) is 0 Å². The van der Waals surface area contributed by atoms with Crippen molar-refractivity contribution in [2.45, 2.75) is 44.8 Å². The second-order valence-corrected chi connectivity index (χ2v) is 6.35. The van der Waals surface area contributed by atoms with E-state index in [1.165, 1.54) is 24.6 Å². The summed E-state index contributed by atoms with van der Waals surface area (Å²) in [6.45, 7) is 8.17. The molecule has 1 aromatic rings. The molecule has 0 bridgehead atoms. The first-order valence-corrected chi connectivity index (χ1v) is 8.05. The summed E-state index contributed by atoms with van der Waals surface area (Å²) in [5, 5.41) is 18.0. The van der Waals surface area contributed by atoms with E-state index in [9.17, 15) is 4.79 Å². The van der Waals surface area contributed by atoms with Crippen molar-refractivity contribution >= 4 is 23.7 Å². The van der Waals surface area contributed by atoms with Gasteiger partial charge < -0.3 is 10.0 Å². The molecule has 7 heteroatoms. The molecule has 1 aromatic heterocycles. The lowest BCUT2D eigenvalue weighted by Crippen LogP contribution is -2.29. The normalized spacial score (nSPS) is 14.8. The number of rotatable bonds is 8. The Morgan fingerprint density at radius 1 is 1.50 bits per heavy atom. The summed E-state index contributed by atoms with van der Waals surface area (Å²) in [5.41, 5.74) is 0. The fourth-order valence-electron chi connectivity index (χ4n) is 2.13. The SMILES string of the molecule is CCN(CC1CC1)c1nnc(SCC(=O)O)n1C(C)C. The molecule has 20 heavy (non-hydrogen) atoms. The number of aliphatic carboxylic acids is 1. The first-order chi connectivity index (χ1) is 9.52. The largest absolute Gasteiger partial charge is 0.481 e. The van der Waals surface area contributed by atoms with E-state index in [0.717, 1.165) is 25.0 Å². The molecule has 0 unspecified atom stereocenters. The Labute approximate surface area is 123 Å². The summed E-state index contributed by atoms with van der Waals surface area (Å²) in [5.74, 6) is 0.824. The van der Waals surface area contributed by atoms with Crippen molar-refractivity contribution in [1.82, 2.24) is 14.8 Å². The average Bonchev–Trinajstić information content (AvgIpc) is 3.10. The quantitative estimate of drug-likeness (QED) is 0.742. The number of hydrogen-bond donors (Lipinski definition) is 1. The highest BCUT2D eigenvalue weighted by molar-refractivity contribution is 7.99. The molecule has 6 nitrogen and oxygen atoms in total.